The highest BCUT2D eigenvalue weighted by molar-refractivity contribution is 5.85. The molecule has 0 aliphatic heterocycles. The quantitative estimate of drug-likeness (QED) is 0.366. The van der Waals surface area contributed by atoms with Crippen molar-refractivity contribution in [2.75, 3.05) is 7.11 Å². The van der Waals surface area contributed by atoms with E-state index in [4.69, 9.17) is 5.11 Å². The van der Waals surface area contributed by atoms with Gasteiger partial charge in [-0.15, -0.1) is 12.4 Å². The molecule has 0 unspecified atom stereocenters. The average Bonchev–Trinajstić information content (AvgIpc) is 1.00. The number of hydrogen-bond acceptors (Lipinski definition) is 1. The van der Waals surface area contributed by atoms with Gasteiger partial charge < -0.3 is 5.11 Å². The van der Waals surface area contributed by atoms with Gasteiger partial charge in [-0.05, 0) is 0 Å². The fourth-order valence-electron chi connectivity index (χ4n) is 0. The van der Waals surface area contributed by atoms with Crippen LogP contribution in [0.25, 0.3) is 0 Å². The maximum Gasteiger partial charge on any atom is 0.0814 e. The maximum atomic E-state index is 7.00. The van der Waals surface area contributed by atoms with E-state index in [2.05, 4.69) is 0 Å². The number of halogens is 1. The van der Waals surface area contributed by atoms with E-state index in [1.807, 2.05) is 0 Å². The van der Waals surface area contributed by atoms with Crippen molar-refractivity contribution in [2.45, 2.75) is 0 Å². The van der Waals surface area contributed by atoms with Crippen LogP contribution in [0.5, 0.6) is 0 Å². The molecular weight excluding hydrogens is 74.3 g/mol. The SMILES string of the molecule is B.CO.Cl. The van der Waals surface area contributed by atoms with Gasteiger partial charge >= 0.3 is 0 Å². The summed E-state index contributed by atoms with van der Waals surface area (Å²) in [5.74, 6) is 0. The van der Waals surface area contributed by atoms with Gasteiger partial charge in [0.1, 0.15) is 0 Å². The first-order valence-electron chi connectivity index (χ1n) is 0.447. The lowest BCUT2D eigenvalue weighted by atomic mass is 10.8. The van der Waals surface area contributed by atoms with Crippen molar-refractivity contribution in [3.8, 4) is 0 Å². The highest BCUT2D eigenvalue weighted by Crippen LogP contribution is 0.755. The molecule has 0 atom stereocenters. The van der Waals surface area contributed by atoms with E-state index in [1.54, 1.807) is 0 Å². The van der Waals surface area contributed by atoms with Crippen molar-refractivity contribution in [3.05, 3.63) is 0 Å². The van der Waals surface area contributed by atoms with Gasteiger partial charge in [0.2, 0.25) is 0 Å². The second-order valence-electron chi connectivity index (χ2n) is 0. The highest BCUT2D eigenvalue weighted by Gasteiger charge is 0.839. The molecule has 4 heavy (non-hydrogen) atoms. The summed E-state index contributed by atoms with van der Waals surface area (Å²) >= 11 is 0. The normalized spacial score (nSPS) is 1.50. The molecule has 0 aliphatic rings. The molecule has 0 aromatic carbocycles. The van der Waals surface area contributed by atoms with Crippen molar-refractivity contribution in [1.29, 1.82) is 0 Å². The second-order valence-corrected chi connectivity index (χ2v) is 0. The minimum Gasteiger partial charge on any atom is -0.400 e. The summed E-state index contributed by atoms with van der Waals surface area (Å²) < 4.78 is 0. The summed E-state index contributed by atoms with van der Waals surface area (Å²) in [7, 11) is 1.00. The van der Waals surface area contributed by atoms with Crippen LogP contribution in [0, 0.1) is 0 Å². The van der Waals surface area contributed by atoms with E-state index >= 15 is 0 Å². The Balaban J connectivity index is -0.00000000500. The van der Waals surface area contributed by atoms with Gasteiger partial charge in [-0.25, -0.2) is 0 Å². The third kappa shape index (κ3) is 40.4. The van der Waals surface area contributed by atoms with Crippen LogP contribution in [-0.2, 0) is 0 Å². The number of aliphatic hydroxyl groups is 1. The molecule has 0 saturated carbocycles. The highest BCUT2D eigenvalue weighted by atomic mass is 35.5. The van der Waals surface area contributed by atoms with Crippen LogP contribution >= 0.6 is 12.4 Å². The van der Waals surface area contributed by atoms with E-state index in [0.29, 0.717) is 0 Å². The van der Waals surface area contributed by atoms with E-state index in [0.717, 1.165) is 7.11 Å². The second kappa shape index (κ2) is 179. The van der Waals surface area contributed by atoms with Crippen molar-refractivity contribution in [3.63, 3.8) is 0 Å². The first kappa shape index (κ1) is 27.4. The number of rotatable bonds is 0. The van der Waals surface area contributed by atoms with Crippen LogP contribution in [0.3, 0.4) is 0 Å². The molecule has 1 nitrogen and oxygen atoms in total. The monoisotopic (exact) mass is 82.0 g/mol. The van der Waals surface area contributed by atoms with Gasteiger partial charge in [-0.2, -0.15) is 0 Å². The molecule has 0 heterocycles. The van der Waals surface area contributed by atoms with Gasteiger partial charge in [0, 0.05) is 7.11 Å². The molecular formula is CH8BClO. The minimum atomic E-state index is 0. The van der Waals surface area contributed by atoms with Crippen molar-refractivity contribution in [2.24, 2.45) is 0 Å². The summed E-state index contributed by atoms with van der Waals surface area (Å²) in [5.41, 5.74) is 0. The standard InChI is InChI=1S/CH4O.BH3.ClH/c1-2;;/h2H,1H3;1H3;1H. The van der Waals surface area contributed by atoms with E-state index in [9.17, 15) is 0 Å². The Bertz CT molecular complexity index is 8.00. The van der Waals surface area contributed by atoms with Crippen LogP contribution in [0.15, 0.2) is 0 Å². The molecule has 0 radical (unpaired) electrons. The molecule has 0 rings (SSSR count). The van der Waals surface area contributed by atoms with E-state index < -0.39 is 0 Å². The zero-order valence-corrected chi connectivity index (χ0v) is 2.67. The molecule has 28 valence electrons. The summed E-state index contributed by atoms with van der Waals surface area (Å²) in [6, 6.07) is 0. The third-order valence-electron chi connectivity index (χ3n) is 0. The smallest absolute Gasteiger partial charge is 0.0814 e. The fourth-order valence-corrected chi connectivity index (χ4v) is 0. The molecule has 1 N–H and O–H groups in total. The molecule has 0 aliphatic carbocycles. The lowest BCUT2D eigenvalue weighted by Gasteiger charge is -1.21. The first-order chi connectivity index (χ1) is 1.00. The predicted octanol–water partition coefficient (Wildman–Crippen LogP) is -1.15. The maximum absolute atomic E-state index is 7.00. The van der Waals surface area contributed by atoms with E-state index in [-0.39, 0.29) is 20.8 Å². The van der Waals surface area contributed by atoms with Crippen LogP contribution < -0.4 is 0 Å². The molecule has 0 spiro atoms. The third-order valence-corrected chi connectivity index (χ3v) is 0. The molecule has 0 fully saturated rings. The molecule has 0 amide bonds. The van der Waals surface area contributed by atoms with Gasteiger partial charge in [-0.3, -0.25) is 0 Å². The van der Waals surface area contributed by atoms with Crippen LogP contribution in [0.4, 0.5) is 0 Å². The van der Waals surface area contributed by atoms with Crippen LogP contribution in [0.1, 0.15) is 0 Å². The Labute approximate surface area is 34.0 Å². The van der Waals surface area contributed by atoms with E-state index in [1.165, 1.54) is 0 Å². The average molecular weight is 82.3 g/mol. The fraction of sp³-hybridized carbons (Fsp3) is 1.00. The zero-order valence-electron chi connectivity index (χ0n) is 1.86. The van der Waals surface area contributed by atoms with Gasteiger partial charge in [-0.1, -0.05) is 0 Å². The summed E-state index contributed by atoms with van der Waals surface area (Å²) in [6.07, 6.45) is 0. The lowest BCUT2D eigenvalue weighted by molar-refractivity contribution is 0.399. The lowest BCUT2D eigenvalue weighted by Crippen LogP contribution is -1.25. The molecule has 0 saturated heterocycles. The van der Waals surface area contributed by atoms with Crippen molar-refractivity contribution >= 4 is 20.8 Å². The predicted molar refractivity (Wildman–Crippen MR) is 25.3 cm³/mol. The van der Waals surface area contributed by atoms with Crippen molar-refractivity contribution < 1.29 is 5.11 Å². The van der Waals surface area contributed by atoms with Gasteiger partial charge in [0.15, 0.2) is 0 Å². The Kier molecular flexibility index (Phi) is 1230. The van der Waals surface area contributed by atoms with Crippen molar-refractivity contribution in [1.82, 2.24) is 0 Å². The molecule has 0 aromatic rings. The number of aliphatic hydroxyl groups excluding tert-OH is 1. The largest absolute Gasteiger partial charge is 0.400 e. The molecule has 3 heteroatoms. The van der Waals surface area contributed by atoms with Crippen LogP contribution in [0.2, 0.25) is 0 Å². The number of hydrogen-bond donors (Lipinski definition) is 1. The zero-order chi connectivity index (χ0) is 2.00. The molecule has 0 aromatic heterocycles. The van der Waals surface area contributed by atoms with Crippen LogP contribution in [-0.4, -0.2) is 20.6 Å². The Hall–Kier alpha value is 0.315. The minimum absolute atomic E-state index is 0. The van der Waals surface area contributed by atoms with Gasteiger partial charge in [0.25, 0.3) is 0 Å². The van der Waals surface area contributed by atoms with Gasteiger partial charge in [0.05, 0.1) is 8.41 Å². The Morgan fingerprint density at radius 3 is 1.25 bits per heavy atom. The summed E-state index contributed by atoms with van der Waals surface area (Å²) in [6.45, 7) is 0. The summed E-state index contributed by atoms with van der Waals surface area (Å²) in [5, 5.41) is 7.00. The summed E-state index contributed by atoms with van der Waals surface area (Å²) in [4.78, 5) is 0. The first-order valence-corrected chi connectivity index (χ1v) is 0.447. The Morgan fingerprint density at radius 1 is 1.25 bits per heavy atom. The molecule has 0 bridgehead atoms. The topological polar surface area (TPSA) is 20.2 Å². The Morgan fingerprint density at radius 2 is 1.25 bits per heavy atom.